The molecule has 0 aliphatic carbocycles. The molecule has 1 unspecified atom stereocenters. The molecule has 4 N–H and O–H groups in total. The van der Waals surface area contributed by atoms with Crippen molar-refractivity contribution in [3.05, 3.63) is 90.6 Å². The molecule has 1 atom stereocenters. The first kappa shape index (κ1) is 45.7. The van der Waals surface area contributed by atoms with Crippen LogP contribution < -0.4 is 0 Å². The maximum Gasteiger partial charge on any atom is 0.332 e. The number of carboxylic acids is 3. The van der Waals surface area contributed by atoms with Crippen LogP contribution in [0.5, 0.6) is 0 Å². The number of carbonyl (C=O) groups is 4. The van der Waals surface area contributed by atoms with E-state index in [0.717, 1.165) is 12.8 Å². The van der Waals surface area contributed by atoms with Crippen LogP contribution in [0.3, 0.4) is 0 Å². The van der Waals surface area contributed by atoms with E-state index in [4.69, 9.17) is 20.4 Å². The molecule has 0 saturated carbocycles. The molecule has 1 rings (SSSR count). The van der Waals surface area contributed by atoms with Gasteiger partial charge in [-0.25, -0.2) is 19.2 Å². The third-order valence-electron chi connectivity index (χ3n) is 5.23. The Labute approximate surface area is 257 Å². The number of carbonyl (C=O) groups excluding carboxylic acids is 1. The van der Waals surface area contributed by atoms with E-state index in [1.54, 1.807) is 6.92 Å². The molecule has 0 heterocycles. The normalized spacial score (nSPS) is 10.1. The highest BCUT2D eigenvalue weighted by Gasteiger charge is 2.11. The van der Waals surface area contributed by atoms with Crippen molar-refractivity contribution in [1.29, 1.82) is 0 Å². The molecule has 9 nitrogen and oxygen atoms in total. The van der Waals surface area contributed by atoms with Crippen LogP contribution in [0.2, 0.25) is 0 Å². The van der Waals surface area contributed by atoms with Crippen LogP contribution >= 0.6 is 0 Å². The van der Waals surface area contributed by atoms with Gasteiger partial charge in [0, 0.05) is 28.9 Å². The summed E-state index contributed by atoms with van der Waals surface area (Å²) in [6.07, 6.45) is 8.92. The molecule has 0 saturated heterocycles. The Kier molecular flexibility index (Phi) is 32.7. The lowest BCUT2D eigenvalue weighted by atomic mass is 9.92. The van der Waals surface area contributed by atoms with Gasteiger partial charge in [-0.15, -0.1) is 0 Å². The maximum absolute atomic E-state index is 10.5. The zero-order chi connectivity index (χ0) is 34.4. The Morgan fingerprint density at radius 2 is 1.40 bits per heavy atom. The summed E-state index contributed by atoms with van der Waals surface area (Å²) in [6, 6.07) is 10.0. The number of aliphatic carboxylic acids is 3. The lowest BCUT2D eigenvalue weighted by Gasteiger charge is -2.13. The lowest BCUT2D eigenvalue weighted by Crippen LogP contribution is -2.06. The monoisotopic (exact) mass is 604 g/mol. The zero-order valence-corrected chi connectivity index (χ0v) is 26.7. The van der Waals surface area contributed by atoms with Gasteiger partial charge in [-0.05, 0) is 45.1 Å². The standard InChI is InChI=1S/C11H20O2.C8H8.C6H10O3.C5H8O2.C4H6O2/c1-4-6-7-10(5-2)8-9(3)11(12)13;1-2-8-6-4-3-5-7-8;1-5(6(8)9)3-2-4-7;1-4(2)5(6)7-3;1-3(2)4(5)6/h10H,3-8H2,1-2H3,(H,12,13);2-7H,1H2;3,7H,2,4H2,1H3,(H,8,9);1H2,2-3H3;1H2,2H3,(H,5,6). The molecule has 0 aliphatic rings. The van der Waals surface area contributed by atoms with Crippen molar-refractivity contribution < 1.29 is 44.3 Å². The molecule has 1 aromatic carbocycles. The van der Waals surface area contributed by atoms with E-state index in [9.17, 15) is 19.2 Å². The molecule has 242 valence electrons. The Morgan fingerprint density at radius 3 is 1.65 bits per heavy atom. The van der Waals surface area contributed by atoms with Gasteiger partial charge in [0.1, 0.15) is 0 Å². The van der Waals surface area contributed by atoms with Crippen LogP contribution in [0.25, 0.3) is 6.08 Å². The number of benzene rings is 1. The predicted molar refractivity (Wildman–Crippen MR) is 174 cm³/mol. The number of ether oxygens (including phenoxy) is 1. The van der Waals surface area contributed by atoms with Gasteiger partial charge in [-0.1, -0.05) is 108 Å². The second kappa shape index (κ2) is 30.7. The first-order chi connectivity index (χ1) is 20.0. The molecule has 1 aromatic rings. The number of esters is 1. The smallest absolute Gasteiger partial charge is 0.332 e. The van der Waals surface area contributed by atoms with Crippen molar-refractivity contribution in [3.63, 3.8) is 0 Å². The fraction of sp³-hybridized carbons (Fsp3) is 0.412. The molecule has 0 spiro atoms. The number of rotatable bonds is 13. The number of aliphatic hydroxyl groups is 1. The Balaban J connectivity index is -0.000000227. The van der Waals surface area contributed by atoms with Crippen LogP contribution in [-0.4, -0.2) is 58.0 Å². The van der Waals surface area contributed by atoms with Gasteiger partial charge in [0.25, 0.3) is 0 Å². The minimum Gasteiger partial charge on any atom is -0.478 e. The highest BCUT2D eigenvalue weighted by atomic mass is 16.5. The van der Waals surface area contributed by atoms with Crippen LogP contribution in [0.1, 0.15) is 78.7 Å². The summed E-state index contributed by atoms with van der Waals surface area (Å²) < 4.78 is 4.27. The third-order valence-corrected chi connectivity index (χ3v) is 5.23. The number of hydrogen-bond donors (Lipinski definition) is 4. The summed E-state index contributed by atoms with van der Waals surface area (Å²) in [4.78, 5) is 40.4. The van der Waals surface area contributed by atoms with Gasteiger partial charge in [-0.2, -0.15) is 0 Å². The first-order valence-corrected chi connectivity index (χ1v) is 13.8. The Bertz CT molecular complexity index is 1010. The lowest BCUT2D eigenvalue weighted by molar-refractivity contribution is -0.136. The fourth-order valence-corrected chi connectivity index (χ4v) is 2.51. The Hall–Kier alpha value is -4.24. The van der Waals surface area contributed by atoms with E-state index >= 15 is 0 Å². The minimum atomic E-state index is -0.935. The van der Waals surface area contributed by atoms with E-state index in [0.29, 0.717) is 29.9 Å². The summed E-state index contributed by atoms with van der Waals surface area (Å²) in [5.41, 5.74) is 2.41. The highest BCUT2D eigenvalue weighted by molar-refractivity contribution is 5.87. The van der Waals surface area contributed by atoms with Crippen LogP contribution in [0.4, 0.5) is 0 Å². The van der Waals surface area contributed by atoms with Crippen LogP contribution in [-0.2, 0) is 23.9 Å². The molecule has 0 amide bonds. The van der Waals surface area contributed by atoms with Crippen molar-refractivity contribution in [2.75, 3.05) is 13.7 Å². The molecule has 9 heteroatoms. The quantitative estimate of drug-likeness (QED) is 0.133. The summed E-state index contributed by atoms with van der Waals surface area (Å²) in [6.45, 7) is 22.5. The second-order valence-electron chi connectivity index (χ2n) is 9.21. The van der Waals surface area contributed by atoms with E-state index in [1.165, 1.54) is 45.4 Å². The minimum absolute atomic E-state index is 0.00458. The van der Waals surface area contributed by atoms with E-state index in [-0.39, 0.29) is 23.7 Å². The average Bonchev–Trinajstić information content (AvgIpc) is 2.98. The molecular weight excluding hydrogens is 552 g/mol. The van der Waals surface area contributed by atoms with E-state index in [2.05, 4.69) is 44.9 Å². The molecule has 0 aromatic heterocycles. The van der Waals surface area contributed by atoms with Gasteiger partial charge in [0.05, 0.1) is 7.11 Å². The average molecular weight is 605 g/mol. The van der Waals surface area contributed by atoms with E-state index < -0.39 is 17.9 Å². The predicted octanol–water partition coefficient (Wildman–Crippen LogP) is 7.35. The molecule has 0 fully saturated rings. The van der Waals surface area contributed by atoms with Gasteiger partial charge < -0.3 is 25.2 Å². The van der Waals surface area contributed by atoms with Crippen molar-refractivity contribution >= 4 is 30.0 Å². The molecule has 0 radical (unpaired) electrons. The fourth-order valence-electron chi connectivity index (χ4n) is 2.51. The number of methoxy groups -OCH3 is 1. The topological polar surface area (TPSA) is 158 Å². The van der Waals surface area contributed by atoms with Crippen molar-refractivity contribution in [2.45, 2.75) is 73.1 Å². The SMILES string of the molecule is C=C(C)C(=O)O.C=C(C)C(=O)OC.C=C(CC(CC)CCCC)C(=O)O.C=Cc1ccccc1.CC(=CCCO)C(=O)O. The maximum atomic E-state index is 10.5. The van der Waals surface area contributed by atoms with Crippen molar-refractivity contribution in [2.24, 2.45) is 5.92 Å². The number of hydrogen-bond acceptors (Lipinski definition) is 6. The van der Waals surface area contributed by atoms with Crippen molar-refractivity contribution in [1.82, 2.24) is 0 Å². The van der Waals surface area contributed by atoms with Crippen molar-refractivity contribution in [3.8, 4) is 0 Å². The van der Waals surface area contributed by atoms with E-state index in [1.807, 2.05) is 36.4 Å². The summed E-state index contributed by atoms with van der Waals surface area (Å²) in [7, 11) is 1.33. The molecule has 0 bridgehead atoms. The van der Waals surface area contributed by atoms with Gasteiger partial charge in [-0.3, -0.25) is 0 Å². The summed E-state index contributed by atoms with van der Waals surface area (Å²) in [5, 5.41) is 33.1. The highest BCUT2D eigenvalue weighted by Crippen LogP contribution is 2.20. The number of unbranched alkanes of at least 4 members (excludes halogenated alkanes) is 1. The zero-order valence-electron chi connectivity index (χ0n) is 26.7. The van der Waals surface area contributed by atoms with Crippen LogP contribution in [0.15, 0.2) is 85.0 Å². The first-order valence-electron chi connectivity index (χ1n) is 13.8. The molecule has 0 aliphatic heterocycles. The summed E-state index contributed by atoms with van der Waals surface area (Å²) >= 11 is 0. The van der Waals surface area contributed by atoms with Gasteiger partial charge in [0.2, 0.25) is 0 Å². The summed E-state index contributed by atoms with van der Waals surface area (Å²) in [5.74, 6) is -2.56. The number of carboxylic acid groups (broad SMARTS) is 3. The molecular formula is C34H52O9. The number of aliphatic hydroxyl groups excluding tert-OH is 1. The molecule has 43 heavy (non-hydrogen) atoms. The third kappa shape index (κ3) is 33.9. The van der Waals surface area contributed by atoms with Crippen LogP contribution in [0, 0.1) is 5.92 Å². The second-order valence-corrected chi connectivity index (χ2v) is 9.21. The Morgan fingerprint density at radius 1 is 0.884 bits per heavy atom. The van der Waals surface area contributed by atoms with Gasteiger partial charge >= 0.3 is 23.9 Å². The van der Waals surface area contributed by atoms with Gasteiger partial charge in [0.15, 0.2) is 0 Å². The largest absolute Gasteiger partial charge is 0.478 e.